The first-order valence-electron chi connectivity index (χ1n) is 4.27. The first-order valence-corrected chi connectivity index (χ1v) is 6.06. The molecular weight excluding hydrogens is 191 g/mol. The summed E-state index contributed by atoms with van der Waals surface area (Å²) in [5.74, 6) is -0.359. The Morgan fingerprint density at radius 3 is 2.15 bits per heavy atom. The first kappa shape index (κ1) is 12.8. The van der Waals surface area contributed by atoms with Crippen molar-refractivity contribution in [2.24, 2.45) is 5.41 Å². The summed E-state index contributed by atoms with van der Waals surface area (Å²) in [6.07, 6.45) is 0.853. The Morgan fingerprint density at radius 2 is 1.85 bits per heavy atom. The fourth-order valence-corrected chi connectivity index (χ4v) is 1.97. The Kier molecular flexibility index (Phi) is 4.30. The SMILES string of the molecule is CCCC(C)(C)C(=O)CP(=O)(O)O. The zero-order valence-corrected chi connectivity index (χ0v) is 9.17. The molecule has 4 nitrogen and oxygen atoms in total. The van der Waals surface area contributed by atoms with E-state index in [0.29, 0.717) is 6.42 Å². The number of carbonyl (C=O) groups is 1. The third kappa shape index (κ3) is 5.19. The van der Waals surface area contributed by atoms with Crippen LogP contribution in [0.2, 0.25) is 0 Å². The predicted octanol–water partition coefficient (Wildman–Crippen LogP) is 1.56. The molecule has 0 aromatic heterocycles. The summed E-state index contributed by atoms with van der Waals surface area (Å²) in [4.78, 5) is 28.6. The Morgan fingerprint density at radius 1 is 1.38 bits per heavy atom. The van der Waals surface area contributed by atoms with Gasteiger partial charge >= 0.3 is 7.60 Å². The molecule has 0 aromatic rings. The molecule has 0 aliphatic carbocycles. The fourth-order valence-electron chi connectivity index (χ4n) is 1.17. The average Bonchev–Trinajstić information content (AvgIpc) is 1.82. The summed E-state index contributed by atoms with van der Waals surface area (Å²) in [7, 11) is -4.19. The highest BCUT2D eigenvalue weighted by molar-refractivity contribution is 7.52. The molecule has 0 bridgehead atoms. The zero-order valence-electron chi connectivity index (χ0n) is 8.28. The molecule has 0 aliphatic heterocycles. The van der Waals surface area contributed by atoms with Gasteiger partial charge in [-0.3, -0.25) is 9.36 Å². The van der Waals surface area contributed by atoms with Gasteiger partial charge < -0.3 is 9.79 Å². The van der Waals surface area contributed by atoms with Crippen LogP contribution < -0.4 is 0 Å². The van der Waals surface area contributed by atoms with Crippen molar-refractivity contribution in [1.82, 2.24) is 0 Å². The number of rotatable bonds is 5. The van der Waals surface area contributed by atoms with E-state index in [-0.39, 0.29) is 5.78 Å². The number of Topliss-reactive ketones (excluding diaryl/α,β-unsaturated/α-hetero) is 1. The fraction of sp³-hybridized carbons (Fsp3) is 0.875. The van der Waals surface area contributed by atoms with Crippen LogP contribution in [-0.4, -0.2) is 21.7 Å². The van der Waals surface area contributed by atoms with Crippen molar-refractivity contribution in [2.75, 3.05) is 6.16 Å². The van der Waals surface area contributed by atoms with E-state index >= 15 is 0 Å². The van der Waals surface area contributed by atoms with Gasteiger partial charge in [0, 0.05) is 5.41 Å². The summed E-state index contributed by atoms with van der Waals surface area (Å²) >= 11 is 0. The standard InChI is InChI=1S/C8H17O4P/c1-4-5-8(2,3)7(9)6-13(10,11)12/h4-6H2,1-3H3,(H2,10,11,12). The molecule has 0 fully saturated rings. The van der Waals surface area contributed by atoms with Gasteiger partial charge in [-0.1, -0.05) is 27.2 Å². The second-order valence-electron chi connectivity index (χ2n) is 3.88. The molecule has 0 atom stereocenters. The molecule has 0 heterocycles. The van der Waals surface area contributed by atoms with E-state index in [4.69, 9.17) is 9.79 Å². The topological polar surface area (TPSA) is 74.6 Å². The highest BCUT2D eigenvalue weighted by Gasteiger charge is 2.31. The molecule has 78 valence electrons. The molecule has 0 aromatic carbocycles. The zero-order chi connectivity index (χ0) is 10.7. The van der Waals surface area contributed by atoms with E-state index in [2.05, 4.69) is 0 Å². The van der Waals surface area contributed by atoms with Gasteiger partial charge in [-0.2, -0.15) is 0 Å². The lowest BCUT2D eigenvalue weighted by Gasteiger charge is -2.22. The molecule has 13 heavy (non-hydrogen) atoms. The molecule has 5 heteroatoms. The van der Waals surface area contributed by atoms with Gasteiger partial charge in [0.2, 0.25) is 0 Å². The van der Waals surface area contributed by atoms with Crippen LogP contribution in [-0.2, 0) is 9.36 Å². The van der Waals surface area contributed by atoms with E-state index in [1.165, 1.54) is 0 Å². The molecule has 0 radical (unpaired) electrons. The highest BCUT2D eigenvalue weighted by atomic mass is 31.2. The van der Waals surface area contributed by atoms with Crippen LogP contribution in [0.4, 0.5) is 0 Å². The van der Waals surface area contributed by atoms with Crippen LogP contribution in [0.15, 0.2) is 0 Å². The molecule has 2 N–H and O–H groups in total. The molecular formula is C8H17O4P. The monoisotopic (exact) mass is 208 g/mol. The van der Waals surface area contributed by atoms with Gasteiger partial charge in [0.25, 0.3) is 0 Å². The molecule has 0 saturated carbocycles. The minimum atomic E-state index is -4.19. The van der Waals surface area contributed by atoms with Crippen LogP contribution in [0.5, 0.6) is 0 Å². The van der Waals surface area contributed by atoms with Crippen LogP contribution in [0.25, 0.3) is 0 Å². The summed E-state index contributed by atoms with van der Waals surface area (Å²) < 4.78 is 10.6. The molecule has 0 amide bonds. The van der Waals surface area contributed by atoms with E-state index in [0.717, 1.165) is 6.42 Å². The summed E-state index contributed by atoms with van der Waals surface area (Å²) in [6.45, 7) is 5.37. The smallest absolute Gasteiger partial charge is 0.324 e. The van der Waals surface area contributed by atoms with Gasteiger partial charge in [-0.15, -0.1) is 0 Å². The molecule has 0 rings (SSSR count). The van der Waals surface area contributed by atoms with Crippen molar-refractivity contribution in [3.63, 3.8) is 0 Å². The van der Waals surface area contributed by atoms with Crippen molar-refractivity contribution in [3.8, 4) is 0 Å². The van der Waals surface area contributed by atoms with Gasteiger partial charge in [0.15, 0.2) is 0 Å². The van der Waals surface area contributed by atoms with Crippen molar-refractivity contribution in [2.45, 2.75) is 33.6 Å². The lowest BCUT2D eigenvalue weighted by molar-refractivity contribution is -0.125. The Balaban J connectivity index is 4.34. The lowest BCUT2D eigenvalue weighted by atomic mass is 9.84. The normalized spacial score (nSPS) is 13.0. The van der Waals surface area contributed by atoms with E-state index in [1.54, 1.807) is 13.8 Å². The Bertz CT molecular complexity index is 228. The van der Waals surface area contributed by atoms with Crippen LogP contribution in [0, 0.1) is 5.41 Å². The number of carbonyl (C=O) groups excluding carboxylic acids is 1. The van der Waals surface area contributed by atoms with Gasteiger partial charge in [0.05, 0.1) is 0 Å². The summed E-state index contributed by atoms with van der Waals surface area (Å²) in [5.41, 5.74) is -0.615. The minimum Gasteiger partial charge on any atom is -0.324 e. The maximum Gasteiger partial charge on any atom is 0.332 e. The Hall–Kier alpha value is -0.180. The average molecular weight is 208 g/mol. The second kappa shape index (κ2) is 4.36. The molecule has 0 saturated heterocycles. The van der Waals surface area contributed by atoms with Crippen LogP contribution in [0.1, 0.15) is 33.6 Å². The maximum atomic E-state index is 11.4. The number of hydrogen-bond donors (Lipinski definition) is 2. The van der Waals surface area contributed by atoms with Crippen molar-refractivity contribution in [1.29, 1.82) is 0 Å². The third-order valence-electron chi connectivity index (χ3n) is 1.98. The van der Waals surface area contributed by atoms with Crippen molar-refractivity contribution < 1.29 is 19.1 Å². The summed E-state index contributed by atoms with van der Waals surface area (Å²) in [5, 5.41) is 0. The maximum absolute atomic E-state index is 11.4. The van der Waals surface area contributed by atoms with Gasteiger partial charge in [0.1, 0.15) is 11.9 Å². The summed E-state index contributed by atoms with van der Waals surface area (Å²) in [6, 6.07) is 0. The van der Waals surface area contributed by atoms with E-state index in [1.807, 2.05) is 6.92 Å². The lowest BCUT2D eigenvalue weighted by Crippen LogP contribution is -2.26. The highest BCUT2D eigenvalue weighted by Crippen LogP contribution is 2.38. The third-order valence-corrected chi connectivity index (χ3v) is 2.68. The second-order valence-corrected chi connectivity index (χ2v) is 5.53. The predicted molar refractivity (Wildman–Crippen MR) is 50.6 cm³/mol. The minimum absolute atomic E-state index is 0.359. The van der Waals surface area contributed by atoms with Crippen molar-refractivity contribution in [3.05, 3.63) is 0 Å². The quantitative estimate of drug-likeness (QED) is 0.672. The molecule has 0 unspecified atom stereocenters. The largest absolute Gasteiger partial charge is 0.332 e. The van der Waals surface area contributed by atoms with E-state index in [9.17, 15) is 9.36 Å². The number of ketones is 1. The van der Waals surface area contributed by atoms with Crippen LogP contribution >= 0.6 is 7.60 Å². The molecule has 0 aliphatic rings. The van der Waals surface area contributed by atoms with Gasteiger partial charge in [-0.05, 0) is 6.42 Å². The van der Waals surface area contributed by atoms with Crippen LogP contribution in [0.3, 0.4) is 0 Å². The van der Waals surface area contributed by atoms with Gasteiger partial charge in [-0.25, -0.2) is 0 Å². The van der Waals surface area contributed by atoms with E-state index < -0.39 is 19.2 Å². The Labute approximate surface area is 78.5 Å². The van der Waals surface area contributed by atoms with Crippen molar-refractivity contribution >= 4 is 13.4 Å². The first-order chi connectivity index (χ1) is 5.69. The molecule has 0 spiro atoms. The number of hydrogen-bond acceptors (Lipinski definition) is 2.